The molecular formula is C19H32O10. The number of hydrogen-bond donors (Lipinski definition) is 7. The Hall–Kier alpha value is -0.950. The molecule has 1 aliphatic heterocycles. The van der Waals surface area contributed by atoms with Gasteiger partial charge in [0.1, 0.15) is 41.7 Å². The standard InChI is InChI=1S/C19H32O10/c1-9(21)5-6-19(27)17(2,3)7-10(22)15(18(19,4)26)29-16-14(25)13(24)12(23)11(8-20)28-16/h5-6,10-16,20,22-27H,7-8H2,1-4H3/t10-,11+,12+,13-,14+,15-,16-,18+,19+/m0/s1. The molecular weight excluding hydrogens is 388 g/mol. The van der Waals surface area contributed by atoms with Crippen LogP contribution in [0.4, 0.5) is 0 Å². The molecule has 1 saturated heterocycles. The second-order valence-electron chi connectivity index (χ2n) is 8.77. The smallest absolute Gasteiger partial charge is 0.187 e. The Bertz CT molecular complexity index is 630. The Kier molecular flexibility index (Phi) is 6.95. The number of ether oxygens (including phenoxy) is 2. The molecule has 0 aromatic heterocycles. The van der Waals surface area contributed by atoms with Crippen molar-refractivity contribution in [2.45, 2.75) is 88.2 Å². The molecule has 0 unspecified atom stereocenters. The topological polar surface area (TPSA) is 177 Å². The van der Waals surface area contributed by atoms with Gasteiger partial charge in [0.2, 0.25) is 0 Å². The van der Waals surface area contributed by atoms with Gasteiger partial charge in [-0.05, 0) is 32.4 Å². The first-order valence-corrected chi connectivity index (χ1v) is 9.48. The van der Waals surface area contributed by atoms with Crippen LogP contribution in [0.15, 0.2) is 12.2 Å². The molecule has 2 fully saturated rings. The number of rotatable bonds is 5. The lowest BCUT2D eigenvalue weighted by Crippen LogP contribution is -2.73. The molecule has 29 heavy (non-hydrogen) atoms. The highest BCUT2D eigenvalue weighted by Gasteiger charge is 2.65. The summed E-state index contributed by atoms with van der Waals surface area (Å²) in [6.07, 6.45) is -8.47. The Morgan fingerprint density at radius 1 is 1.10 bits per heavy atom. The lowest BCUT2D eigenvalue weighted by Gasteiger charge is -2.58. The van der Waals surface area contributed by atoms with Gasteiger partial charge in [0.15, 0.2) is 12.1 Å². The van der Waals surface area contributed by atoms with Crippen molar-refractivity contribution in [2.75, 3.05) is 6.61 Å². The van der Waals surface area contributed by atoms with E-state index in [9.17, 15) is 40.5 Å². The molecule has 0 bridgehead atoms. The molecule has 10 heteroatoms. The summed E-state index contributed by atoms with van der Waals surface area (Å²) in [6.45, 7) is 5.04. The maximum Gasteiger partial charge on any atom is 0.187 e. The third-order valence-electron chi connectivity index (χ3n) is 6.11. The molecule has 0 amide bonds. The minimum atomic E-state index is -2.15. The normalized spacial score (nSPS) is 48.0. The molecule has 7 N–H and O–H groups in total. The van der Waals surface area contributed by atoms with Crippen LogP contribution in [0.3, 0.4) is 0 Å². The van der Waals surface area contributed by atoms with Crippen LogP contribution in [-0.4, -0.2) is 102 Å². The van der Waals surface area contributed by atoms with E-state index < -0.39 is 66.1 Å². The maximum absolute atomic E-state index is 11.4. The van der Waals surface area contributed by atoms with E-state index in [4.69, 9.17) is 9.47 Å². The van der Waals surface area contributed by atoms with Crippen molar-refractivity contribution in [2.24, 2.45) is 5.41 Å². The van der Waals surface area contributed by atoms with Gasteiger partial charge in [0, 0.05) is 5.41 Å². The van der Waals surface area contributed by atoms with Gasteiger partial charge in [-0.15, -0.1) is 0 Å². The van der Waals surface area contributed by atoms with Crippen LogP contribution < -0.4 is 0 Å². The first-order chi connectivity index (χ1) is 13.2. The van der Waals surface area contributed by atoms with E-state index >= 15 is 0 Å². The second-order valence-corrected chi connectivity index (χ2v) is 8.77. The van der Waals surface area contributed by atoms with Crippen molar-refractivity contribution in [3.63, 3.8) is 0 Å². The first-order valence-electron chi connectivity index (χ1n) is 9.48. The quantitative estimate of drug-likeness (QED) is 0.237. The third kappa shape index (κ3) is 4.14. The number of ketones is 1. The minimum absolute atomic E-state index is 0.0377. The van der Waals surface area contributed by atoms with E-state index in [-0.39, 0.29) is 12.2 Å². The number of aliphatic hydroxyl groups is 7. The van der Waals surface area contributed by atoms with Gasteiger partial charge < -0.3 is 45.2 Å². The van der Waals surface area contributed by atoms with Crippen LogP contribution in [-0.2, 0) is 14.3 Å². The summed E-state index contributed by atoms with van der Waals surface area (Å²) in [5, 5.41) is 72.5. The van der Waals surface area contributed by atoms with Gasteiger partial charge in [-0.2, -0.15) is 0 Å². The fourth-order valence-electron chi connectivity index (χ4n) is 4.24. The molecule has 1 saturated carbocycles. The minimum Gasteiger partial charge on any atom is -0.394 e. The molecule has 2 rings (SSSR count). The van der Waals surface area contributed by atoms with Crippen LogP contribution in [0.2, 0.25) is 0 Å². The van der Waals surface area contributed by atoms with Crippen molar-refractivity contribution >= 4 is 5.78 Å². The van der Waals surface area contributed by atoms with Crippen molar-refractivity contribution in [3.05, 3.63) is 12.2 Å². The van der Waals surface area contributed by atoms with E-state index in [2.05, 4.69) is 0 Å². The Morgan fingerprint density at radius 3 is 2.21 bits per heavy atom. The summed E-state index contributed by atoms with van der Waals surface area (Å²) >= 11 is 0. The fraction of sp³-hybridized carbons (Fsp3) is 0.842. The summed E-state index contributed by atoms with van der Waals surface area (Å²) in [5.41, 5.74) is -5.24. The van der Waals surface area contributed by atoms with Gasteiger partial charge in [-0.1, -0.05) is 13.8 Å². The van der Waals surface area contributed by atoms with E-state index in [1.165, 1.54) is 13.8 Å². The molecule has 1 aliphatic carbocycles. The summed E-state index contributed by atoms with van der Waals surface area (Å²) in [5.74, 6) is -0.359. The number of carbonyl (C=O) groups is 1. The van der Waals surface area contributed by atoms with Crippen LogP contribution >= 0.6 is 0 Å². The molecule has 168 valence electrons. The monoisotopic (exact) mass is 420 g/mol. The van der Waals surface area contributed by atoms with E-state index in [1.807, 2.05) is 0 Å². The zero-order chi connectivity index (χ0) is 22.4. The van der Waals surface area contributed by atoms with E-state index in [1.54, 1.807) is 13.8 Å². The Balaban J connectivity index is 2.38. The summed E-state index contributed by atoms with van der Waals surface area (Å²) in [6, 6.07) is 0. The summed E-state index contributed by atoms with van der Waals surface area (Å²) < 4.78 is 10.9. The maximum atomic E-state index is 11.4. The average Bonchev–Trinajstić information content (AvgIpc) is 2.61. The molecule has 0 aromatic carbocycles. The van der Waals surface area contributed by atoms with Crippen LogP contribution in [0.5, 0.6) is 0 Å². The first kappa shape index (κ1) is 24.3. The molecule has 0 radical (unpaired) electrons. The Morgan fingerprint density at radius 2 is 1.69 bits per heavy atom. The largest absolute Gasteiger partial charge is 0.394 e. The van der Waals surface area contributed by atoms with E-state index in [0.29, 0.717) is 0 Å². The SMILES string of the molecule is CC(=O)C=C[C@@]1(O)C(C)(C)C[C@H](O)[C@H](O[C@@H]2O[C@H](CO)[C@@H](O)[C@H](O)[C@H]2O)[C@@]1(C)O. The predicted octanol–water partition coefficient (Wildman–Crippen LogP) is -2.41. The lowest BCUT2D eigenvalue weighted by atomic mass is 9.56. The van der Waals surface area contributed by atoms with Gasteiger partial charge in [0.25, 0.3) is 0 Å². The number of allylic oxidation sites excluding steroid dienone is 1. The zero-order valence-electron chi connectivity index (χ0n) is 17.0. The van der Waals surface area contributed by atoms with Gasteiger partial charge in [0.05, 0.1) is 12.7 Å². The predicted molar refractivity (Wildman–Crippen MR) is 98.4 cm³/mol. The molecule has 10 nitrogen and oxygen atoms in total. The van der Waals surface area contributed by atoms with Gasteiger partial charge in [-0.25, -0.2) is 0 Å². The fourth-order valence-corrected chi connectivity index (χ4v) is 4.24. The molecule has 2 aliphatic rings. The van der Waals surface area contributed by atoms with E-state index in [0.717, 1.165) is 12.2 Å². The number of carbonyl (C=O) groups excluding carboxylic acids is 1. The Labute approximate surface area is 169 Å². The molecule has 0 spiro atoms. The lowest BCUT2D eigenvalue weighted by molar-refractivity contribution is -0.355. The van der Waals surface area contributed by atoms with Crippen LogP contribution in [0.1, 0.15) is 34.1 Å². The zero-order valence-corrected chi connectivity index (χ0v) is 17.0. The highest BCUT2D eigenvalue weighted by atomic mass is 16.7. The highest BCUT2D eigenvalue weighted by molar-refractivity contribution is 5.87. The van der Waals surface area contributed by atoms with Crippen molar-refractivity contribution in [1.29, 1.82) is 0 Å². The molecule has 0 aromatic rings. The number of hydrogen-bond acceptors (Lipinski definition) is 10. The highest BCUT2D eigenvalue weighted by Crippen LogP contribution is 2.51. The van der Waals surface area contributed by atoms with Crippen molar-refractivity contribution < 1.29 is 50.0 Å². The third-order valence-corrected chi connectivity index (χ3v) is 6.11. The summed E-state index contributed by atoms with van der Waals surface area (Å²) in [7, 11) is 0. The van der Waals surface area contributed by atoms with Crippen LogP contribution in [0, 0.1) is 5.41 Å². The average molecular weight is 420 g/mol. The van der Waals surface area contributed by atoms with Crippen molar-refractivity contribution in [1.82, 2.24) is 0 Å². The second kappa shape index (κ2) is 8.29. The molecule has 1 heterocycles. The van der Waals surface area contributed by atoms with Crippen molar-refractivity contribution in [3.8, 4) is 0 Å². The van der Waals surface area contributed by atoms with Gasteiger partial charge >= 0.3 is 0 Å². The summed E-state index contributed by atoms with van der Waals surface area (Å²) in [4.78, 5) is 11.4. The van der Waals surface area contributed by atoms with Crippen LogP contribution in [0.25, 0.3) is 0 Å². The number of aliphatic hydroxyl groups excluding tert-OH is 5. The molecule has 9 atom stereocenters. The van der Waals surface area contributed by atoms with Gasteiger partial charge in [-0.3, -0.25) is 4.79 Å².